The molecule has 0 radical (unpaired) electrons. The van der Waals surface area contributed by atoms with E-state index in [0.717, 1.165) is 24.3 Å². The van der Waals surface area contributed by atoms with Crippen molar-refractivity contribution in [3.05, 3.63) is 50.6 Å². The molecule has 0 heterocycles. The third kappa shape index (κ3) is 15.0. The Hall–Kier alpha value is -4.62. The normalized spacial score (nSPS) is 18.3. The highest BCUT2D eigenvalue weighted by atomic mass is 16.6. The maximum Gasteiger partial charge on any atom is 0.407 e. The van der Waals surface area contributed by atoms with Gasteiger partial charge in [-0.3, -0.25) is 0 Å². The van der Waals surface area contributed by atoms with Gasteiger partial charge in [0.05, 0.1) is 10.8 Å². The molecule has 0 aromatic heterocycles. The van der Waals surface area contributed by atoms with Crippen LogP contribution in [0.3, 0.4) is 0 Å². The Morgan fingerprint density at radius 2 is 0.959 bits per heavy atom. The summed E-state index contributed by atoms with van der Waals surface area (Å²) in [6.07, 6.45) is 4.63. The van der Waals surface area contributed by atoms with Gasteiger partial charge in [0.15, 0.2) is 0 Å². The van der Waals surface area contributed by atoms with Crippen molar-refractivity contribution in [3.8, 4) is 0 Å². The van der Waals surface area contributed by atoms with E-state index in [4.69, 9.17) is 28.4 Å². The van der Waals surface area contributed by atoms with E-state index in [-0.39, 0.29) is 45.1 Å². The van der Waals surface area contributed by atoms with Crippen LogP contribution in [0, 0.1) is 16.2 Å². The number of rotatable bonds is 20. The maximum atomic E-state index is 13.1. The average molecular weight is 693 g/mol. The Bertz CT molecular complexity index is 1190. The van der Waals surface area contributed by atoms with Gasteiger partial charge in [-0.15, -0.1) is 0 Å². The number of esters is 4. The predicted molar refractivity (Wildman–Crippen MR) is 179 cm³/mol. The van der Waals surface area contributed by atoms with Crippen LogP contribution < -0.4 is 10.6 Å². The zero-order valence-corrected chi connectivity index (χ0v) is 29.4. The van der Waals surface area contributed by atoms with Crippen LogP contribution in [0.25, 0.3) is 0 Å². The highest BCUT2D eigenvalue weighted by molar-refractivity contribution is 5.82. The maximum absolute atomic E-state index is 13.1. The molecule has 49 heavy (non-hydrogen) atoms. The lowest BCUT2D eigenvalue weighted by atomic mass is 9.67. The molecule has 1 aliphatic carbocycles. The molecule has 1 saturated carbocycles. The second-order valence-electron chi connectivity index (χ2n) is 13.4. The van der Waals surface area contributed by atoms with Gasteiger partial charge < -0.3 is 39.1 Å². The van der Waals surface area contributed by atoms with Gasteiger partial charge in [0, 0.05) is 35.9 Å². The lowest BCUT2D eigenvalue weighted by Gasteiger charge is -2.46. The summed E-state index contributed by atoms with van der Waals surface area (Å²) >= 11 is 0. The van der Waals surface area contributed by atoms with Crippen LogP contribution in [-0.4, -0.2) is 87.3 Å². The van der Waals surface area contributed by atoms with Gasteiger partial charge in [-0.05, 0) is 44.4 Å². The van der Waals surface area contributed by atoms with Gasteiger partial charge in [0.1, 0.15) is 39.6 Å². The summed E-state index contributed by atoms with van der Waals surface area (Å²) in [5.41, 5.74) is -3.20. The minimum Gasteiger partial charge on any atom is -0.462 e. The first-order chi connectivity index (χ1) is 22.9. The Balaban J connectivity index is 2.98. The zero-order chi connectivity index (χ0) is 37.3. The van der Waals surface area contributed by atoms with Gasteiger partial charge in [0.2, 0.25) is 0 Å². The minimum atomic E-state index is -1.03. The zero-order valence-electron chi connectivity index (χ0n) is 29.4. The molecule has 0 aromatic carbocycles. The van der Waals surface area contributed by atoms with Crippen molar-refractivity contribution in [1.29, 1.82) is 0 Å². The third-order valence-corrected chi connectivity index (χ3v) is 8.36. The first-order valence-electron chi connectivity index (χ1n) is 16.0. The van der Waals surface area contributed by atoms with Gasteiger partial charge in [0.25, 0.3) is 0 Å². The molecule has 274 valence electrons. The predicted octanol–water partition coefficient (Wildman–Crippen LogP) is 4.49. The first kappa shape index (κ1) is 42.4. The van der Waals surface area contributed by atoms with E-state index in [0.29, 0.717) is 32.1 Å². The van der Waals surface area contributed by atoms with Crippen molar-refractivity contribution in [1.82, 2.24) is 10.6 Å². The Morgan fingerprint density at radius 1 is 0.612 bits per heavy atom. The van der Waals surface area contributed by atoms with Crippen molar-refractivity contribution >= 4 is 36.1 Å². The number of amides is 2. The Labute approximate surface area is 288 Å². The van der Waals surface area contributed by atoms with Crippen molar-refractivity contribution in [3.63, 3.8) is 0 Å². The van der Waals surface area contributed by atoms with E-state index < -0.39 is 58.5 Å². The number of nitrogens with one attached hydrogen (secondary N) is 2. The lowest BCUT2D eigenvalue weighted by Crippen LogP contribution is -2.58. The van der Waals surface area contributed by atoms with Gasteiger partial charge in [-0.25, -0.2) is 28.8 Å². The second kappa shape index (κ2) is 19.4. The van der Waals surface area contributed by atoms with Crippen molar-refractivity contribution in [2.75, 3.05) is 39.6 Å². The number of hydrogen-bond donors (Lipinski definition) is 2. The van der Waals surface area contributed by atoms with E-state index in [1.165, 1.54) is 0 Å². The minimum absolute atomic E-state index is 0.195. The summed E-state index contributed by atoms with van der Waals surface area (Å²) in [5.74, 6) is -2.72. The summed E-state index contributed by atoms with van der Waals surface area (Å²) in [4.78, 5) is 73.2. The molecule has 2 unspecified atom stereocenters. The Kier molecular flexibility index (Phi) is 16.8. The molecular weight excluding hydrogens is 640 g/mol. The van der Waals surface area contributed by atoms with E-state index in [1.54, 1.807) is 13.8 Å². The molecular formula is C35H52N2O12. The molecule has 0 aliphatic heterocycles. The lowest BCUT2D eigenvalue weighted by molar-refractivity contribution is -0.152. The van der Waals surface area contributed by atoms with Crippen LogP contribution in [0.1, 0.15) is 66.7 Å². The number of hydrogen-bond acceptors (Lipinski definition) is 12. The molecule has 2 atom stereocenters. The molecule has 1 fully saturated rings. The molecule has 0 aromatic rings. The Morgan fingerprint density at radius 3 is 1.31 bits per heavy atom. The molecule has 0 saturated heterocycles. The smallest absolute Gasteiger partial charge is 0.407 e. The second-order valence-corrected chi connectivity index (χ2v) is 13.4. The number of carbonyl (C=O) groups is 6. The summed E-state index contributed by atoms with van der Waals surface area (Å²) in [5, 5.41) is 5.79. The summed E-state index contributed by atoms with van der Waals surface area (Å²) in [7, 11) is 0. The molecule has 14 heteroatoms. The van der Waals surface area contributed by atoms with E-state index in [2.05, 4.69) is 36.9 Å². The highest BCUT2D eigenvalue weighted by Crippen LogP contribution is 2.41. The van der Waals surface area contributed by atoms with Crippen LogP contribution in [0.5, 0.6) is 0 Å². The summed E-state index contributed by atoms with van der Waals surface area (Å²) in [6.45, 7) is 21.6. The van der Waals surface area contributed by atoms with E-state index in [1.807, 2.05) is 20.8 Å². The van der Waals surface area contributed by atoms with Gasteiger partial charge >= 0.3 is 36.1 Å². The molecule has 14 nitrogen and oxygen atoms in total. The fourth-order valence-corrected chi connectivity index (χ4v) is 5.60. The number of carbonyl (C=O) groups excluding carboxylic acids is 6. The summed E-state index contributed by atoms with van der Waals surface area (Å²) in [6, 6.07) is -0.416. The van der Waals surface area contributed by atoms with Crippen LogP contribution in [-0.2, 0) is 47.6 Å². The fourth-order valence-electron chi connectivity index (χ4n) is 5.60. The van der Waals surface area contributed by atoms with Crippen LogP contribution in [0.4, 0.5) is 9.59 Å². The van der Waals surface area contributed by atoms with Crippen molar-refractivity contribution in [2.24, 2.45) is 16.2 Å². The monoisotopic (exact) mass is 692 g/mol. The van der Waals surface area contributed by atoms with Crippen LogP contribution in [0.15, 0.2) is 50.6 Å². The molecule has 1 aliphatic rings. The average Bonchev–Trinajstić information content (AvgIpc) is 3.06. The molecule has 1 rings (SSSR count). The van der Waals surface area contributed by atoms with Crippen LogP contribution in [0.2, 0.25) is 0 Å². The van der Waals surface area contributed by atoms with E-state index in [9.17, 15) is 28.8 Å². The molecule has 2 amide bonds. The topological polar surface area (TPSA) is 182 Å². The van der Waals surface area contributed by atoms with Crippen molar-refractivity contribution < 1.29 is 57.2 Å². The van der Waals surface area contributed by atoms with E-state index >= 15 is 0 Å². The van der Waals surface area contributed by atoms with Crippen LogP contribution >= 0.6 is 0 Å². The number of ether oxygens (including phenoxy) is 6. The third-order valence-electron chi connectivity index (χ3n) is 8.36. The fraction of sp³-hybridized carbons (Fsp3) is 0.600. The summed E-state index contributed by atoms with van der Waals surface area (Å²) < 4.78 is 32.0. The molecule has 0 spiro atoms. The van der Waals surface area contributed by atoms with Gasteiger partial charge in [-0.1, -0.05) is 54.0 Å². The highest BCUT2D eigenvalue weighted by Gasteiger charge is 2.44. The molecule has 0 bridgehead atoms. The van der Waals surface area contributed by atoms with Gasteiger partial charge in [-0.2, -0.15) is 0 Å². The quantitative estimate of drug-likeness (QED) is 0.104. The molecule has 2 N–H and O–H groups in total. The number of alkyl carbamates (subject to hydrolysis) is 2. The SMILES string of the molecule is C=CC(=O)OCC(CC)(COC(=O)C=C)COC(=O)NC1CC(C)(C)CC(C)(NC(=O)OCC(CC)(COC(=O)C=C)COC(=O)C=C)C1. The standard InChI is InChI=1S/C35H52N2O12/c1-10-26(38)44-19-34(14-5,20-45-27(39)11-2)23-48-30(42)36-25-16-32(7,8)18-33(9,17-25)37-31(43)49-24-35(15-6,21-46-28(40)12-3)22-47-29(41)13-4/h10-13,25H,1-4,14-24H2,5-9H3,(H,36,42)(H,37,43). The largest absolute Gasteiger partial charge is 0.462 e. The first-order valence-corrected chi connectivity index (χ1v) is 16.0. The van der Waals surface area contributed by atoms with Crippen molar-refractivity contribution in [2.45, 2.75) is 78.3 Å².